The van der Waals surface area contributed by atoms with Crippen LogP contribution < -0.4 is 5.63 Å². The van der Waals surface area contributed by atoms with Crippen molar-refractivity contribution in [1.82, 2.24) is 0 Å². The third-order valence-corrected chi connectivity index (χ3v) is 5.04. The second-order valence-corrected chi connectivity index (χ2v) is 7.01. The lowest BCUT2D eigenvalue weighted by Crippen LogP contribution is -2.09. The van der Waals surface area contributed by atoms with Crippen LogP contribution in [0.2, 0.25) is 0 Å². The van der Waals surface area contributed by atoms with Crippen LogP contribution in [0.3, 0.4) is 0 Å². The summed E-state index contributed by atoms with van der Waals surface area (Å²) < 4.78 is 10.9. The second-order valence-electron chi connectivity index (χ2n) is 7.01. The maximum Gasteiger partial charge on any atom is 0.339 e. The number of fused-ring (bicyclic) bond motifs is 1. The molecule has 0 fully saturated rings. The number of hydrogen-bond donors (Lipinski definition) is 0. The summed E-state index contributed by atoms with van der Waals surface area (Å²) in [5.41, 5.74) is 5.01. The summed E-state index contributed by atoms with van der Waals surface area (Å²) in [5.74, 6) is -0.435. The number of carbonyl (C=O) groups excluding carboxylic acids is 1. The average Bonchev–Trinajstić information content (AvgIpc) is 2.73. The molecule has 0 bridgehead atoms. The normalized spacial score (nSPS) is 10.8. The van der Waals surface area contributed by atoms with E-state index in [1.165, 1.54) is 6.07 Å². The first kappa shape index (κ1) is 18.7. The van der Waals surface area contributed by atoms with Crippen LogP contribution in [-0.2, 0) is 11.3 Å². The van der Waals surface area contributed by atoms with E-state index in [0.717, 1.165) is 27.6 Å². The Morgan fingerprint density at radius 2 is 1.59 bits per heavy atom. The molecule has 0 N–H and O–H groups in total. The fourth-order valence-electron chi connectivity index (χ4n) is 3.35. The Balaban J connectivity index is 1.65. The molecule has 4 rings (SSSR count). The predicted octanol–water partition coefficient (Wildman–Crippen LogP) is 5.43. The van der Waals surface area contributed by atoms with E-state index < -0.39 is 11.6 Å². The summed E-state index contributed by atoms with van der Waals surface area (Å²) in [5, 5.41) is 0.775. The molecule has 4 aromatic rings. The summed E-state index contributed by atoms with van der Waals surface area (Å²) >= 11 is 0. The molecular formula is C25H20O4. The van der Waals surface area contributed by atoms with Crippen molar-refractivity contribution in [1.29, 1.82) is 0 Å². The van der Waals surface area contributed by atoms with Gasteiger partial charge < -0.3 is 9.15 Å². The second kappa shape index (κ2) is 7.76. The Morgan fingerprint density at radius 3 is 2.38 bits per heavy atom. The lowest BCUT2D eigenvalue weighted by Gasteiger charge is -2.11. The van der Waals surface area contributed by atoms with Gasteiger partial charge in [0.1, 0.15) is 12.2 Å². The van der Waals surface area contributed by atoms with Crippen molar-refractivity contribution in [2.24, 2.45) is 0 Å². The van der Waals surface area contributed by atoms with Gasteiger partial charge in [0, 0.05) is 17.0 Å². The standard InChI is InChI=1S/C25H20O4/c1-16-12-22-19(14-24(26)29-23(22)13-17(16)2)15-28-25(27)21-11-7-6-10-20(21)18-8-4-3-5-9-18/h3-14H,15H2,1-2H3. The number of aryl methyl sites for hydroxylation is 2. The average molecular weight is 384 g/mol. The van der Waals surface area contributed by atoms with Crippen molar-refractivity contribution in [2.45, 2.75) is 20.5 Å². The highest BCUT2D eigenvalue weighted by Gasteiger charge is 2.15. The minimum atomic E-state index is -0.462. The van der Waals surface area contributed by atoms with Crippen LogP contribution >= 0.6 is 0 Å². The maximum absolute atomic E-state index is 12.8. The van der Waals surface area contributed by atoms with Crippen LogP contribution in [0, 0.1) is 13.8 Å². The van der Waals surface area contributed by atoms with Crippen LogP contribution in [0.5, 0.6) is 0 Å². The van der Waals surface area contributed by atoms with Gasteiger partial charge in [-0.05, 0) is 54.3 Å². The molecule has 4 nitrogen and oxygen atoms in total. The van der Waals surface area contributed by atoms with E-state index in [-0.39, 0.29) is 6.61 Å². The smallest absolute Gasteiger partial charge is 0.339 e. The molecule has 1 heterocycles. The van der Waals surface area contributed by atoms with Crippen molar-refractivity contribution in [3.63, 3.8) is 0 Å². The highest BCUT2D eigenvalue weighted by molar-refractivity contribution is 5.97. The molecule has 144 valence electrons. The fraction of sp³-hybridized carbons (Fsp3) is 0.120. The van der Waals surface area contributed by atoms with Crippen molar-refractivity contribution < 1.29 is 13.9 Å². The SMILES string of the molecule is Cc1cc2oc(=O)cc(COC(=O)c3ccccc3-c3ccccc3)c2cc1C. The molecular weight excluding hydrogens is 364 g/mol. The molecule has 3 aromatic carbocycles. The molecule has 29 heavy (non-hydrogen) atoms. The van der Waals surface area contributed by atoms with Crippen molar-refractivity contribution in [3.05, 3.63) is 105 Å². The summed E-state index contributed by atoms with van der Waals surface area (Å²) in [7, 11) is 0. The van der Waals surface area contributed by atoms with Gasteiger partial charge in [-0.2, -0.15) is 0 Å². The van der Waals surface area contributed by atoms with Crippen LogP contribution in [0.25, 0.3) is 22.1 Å². The third kappa shape index (κ3) is 3.83. The van der Waals surface area contributed by atoms with Crippen LogP contribution in [0.15, 0.2) is 82.0 Å². The van der Waals surface area contributed by atoms with E-state index >= 15 is 0 Å². The molecule has 4 heteroatoms. The zero-order valence-corrected chi connectivity index (χ0v) is 16.3. The topological polar surface area (TPSA) is 56.5 Å². The van der Waals surface area contributed by atoms with Crippen LogP contribution in [0.1, 0.15) is 27.0 Å². The number of rotatable bonds is 4. The first-order valence-electron chi connectivity index (χ1n) is 9.38. The van der Waals surface area contributed by atoms with Gasteiger partial charge in [-0.1, -0.05) is 48.5 Å². The first-order valence-corrected chi connectivity index (χ1v) is 9.38. The molecule has 0 amide bonds. The lowest BCUT2D eigenvalue weighted by atomic mass is 10.00. The monoisotopic (exact) mass is 384 g/mol. The molecule has 0 spiro atoms. The number of hydrogen-bond acceptors (Lipinski definition) is 4. The summed E-state index contributed by atoms with van der Waals surface area (Å²) in [6, 6.07) is 22.2. The Kier molecular flexibility index (Phi) is 5.00. The van der Waals surface area contributed by atoms with E-state index in [1.807, 2.05) is 74.5 Å². The van der Waals surface area contributed by atoms with Gasteiger partial charge >= 0.3 is 11.6 Å². The Labute approximate surface area is 168 Å². The van der Waals surface area contributed by atoms with E-state index in [1.54, 1.807) is 6.07 Å². The number of ether oxygens (including phenoxy) is 1. The number of benzene rings is 3. The molecule has 0 radical (unpaired) electrons. The zero-order chi connectivity index (χ0) is 20.4. The van der Waals surface area contributed by atoms with E-state index in [4.69, 9.17) is 9.15 Å². The maximum atomic E-state index is 12.8. The van der Waals surface area contributed by atoms with Gasteiger partial charge in [0.2, 0.25) is 0 Å². The minimum absolute atomic E-state index is 0.00738. The first-order chi connectivity index (χ1) is 14.0. The van der Waals surface area contributed by atoms with Gasteiger partial charge in [0.25, 0.3) is 0 Å². The highest BCUT2D eigenvalue weighted by atomic mass is 16.5. The summed E-state index contributed by atoms with van der Waals surface area (Å²) in [6.07, 6.45) is 0. The van der Waals surface area contributed by atoms with Crippen molar-refractivity contribution in [3.8, 4) is 11.1 Å². The van der Waals surface area contributed by atoms with Crippen molar-refractivity contribution >= 4 is 16.9 Å². The molecule has 0 aliphatic rings. The summed E-state index contributed by atoms with van der Waals surface area (Å²) in [4.78, 5) is 24.8. The lowest BCUT2D eigenvalue weighted by molar-refractivity contribution is 0.0475. The largest absolute Gasteiger partial charge is 0.457 e. The molecule has 0 saturated heterocycles. The Hall–Kier alpha value is -3.66. The Morgan fingerprint density at radius 1 is 0.897 bits per heavy atom. The quantitative estimate of drug-likeness (QED) is 0.348. The summed E-state index contributed by atoms with van der Waals surface area (Å²) in [6.45, 7) is 3.94. The van der Waals surface area contributed by atoms with Crippen molar-refractivity contribution in [2.75, 3.05) is 0 Å². The minimum Gasteiger partial charge on any atom is -0.457 e. The van der Waals surface area contributed by atoms with Gasteiger partial charge in [0.05, 0.1) is 5.56 Å². The van der Waals surface area contributed by atoms with E-state index in [2.05, 4.69) is 0 Å². The Bertz CT molecular complexity index is 1250. The predicted molar refractivity (Wildman–Crippen MR) is 113 cm³/mol. The molecule has 0 atom stereocenters. The van der Waals surface area contributed by atoms with Gasteiger partial charge in [-0.15, -0.1) is 0 Å². The zero-order valence-electron chi connectivity index (χ0n) is 16.3. The molecule has 0 aliphatic carbocycles. The molecule has 0 saturated carbocycles. The highest BCUT2D eigenvalue weighted by Crippen LogP contribution is 2.26. The van der Waals surface area contributed by atoms with Gasteiger partial charge in [-0.25, -0.2) is 9.59 Å². The number of esters is 1. The number of carbonyl (C=O) groups is 1. The van der Waals surface area contributed by atoms with E-state index in [9.17, 15) is 9.59 Å². The third-order valence-electron chi connectivity index (χ3n) is 5.04. The van der Waals surface area contributed by atoms with Crippen LogP contribution in [0.4, 0.5) is 0 Å². The van der Waals surface area contributed by atoms with E-state index in [0.29, 0.717) is 16.7 Å². The molecule has 0 aliphatic heterocycles. The fourth-order valence-corrected chi connectivity index (χ4v) is 3.35. The van der Waals surface area contributed by atoms with Crippen LogP contribution in [-0.4, -0.2) is 5.97 Å². The molecule has 0 unspecified atom stereocenters. The molecule has 1 aromatic heterocycles. The van der Waals surface area contributed by atoms with Gasteiger partial charge in [0.15, 0.2) is 0 Å². The van der Waals surface area contributed by atoms with Gasteiger partial charge in [-0.3, -0.25) is 0 Å².